The number of aryl methyl sites for hydroxylation is 1. The molecule has 2 N–H and O–H groups in total. The zero-order chi connectivity index (χ0) is 13.9. The van der Waals surface area contributed by atoms with Gasteiger partial charge in [0.25, 0.3) is 5.91 Å². The molecule has 0 saturated carbocycles. The average Bonchev–Trinajstić information content (AvgIpc) is 3.19. The fourth-order valence-electron chi connectivity index (χ4n) is 2.75. The number of nitrogens with one attached hydrogen (secondary N) is 2. The maximum absolute atomic E-state index is 12.5. The van der Waals surface area contributed by atoms with E-state index in [2.05, 4.69) is 27.1 Å². The van der Waals surface area contributed by atoms with Gasteiger partial charge in [-0.15, -0.1) is 5.10 Å². The number of aromatic amines is 2. The Balaban J connectivity index is 1.78. The zero-order valence-electron chi connectivity index (χ0n) is 11.6. The van der Waals surface area contributed by atoms with Crippen LogP contribution in [0.2, 0.25) is 0 Å². The second-order valence-corrected chi connectivity index (χ2v) is 5.14. The highest BCUT2D eigenvalue weighted by Gasteiger charge is 2.32. The molecule has 0 radical (unpaired) electrons. The van der Waals surface area contributed by atoms with Crippen molar-refractivity contribution in [2.24, 2.45) is 0 Å². The highest BCUT2D eigenvalue weighted by molar-refractivity contribution is 5.90. The molecule has 0 spiro atoms. The second kappa shape index (κ2) is 5.48. The van der Waals surface area contributed by atoms with Gasteiger partial charge in [-0.3, -0.25) is 9.89 Å². The van der Waals surface area contributed by atoms with Gasteiger partial charge in [0.15, 0.2) is 0 Å². The van der Waals surface area contributed by atoms with Crippen LogP contribution < -0.4 is 0 Å². The van der Waals surface area contributed by atoms with E-state index in [1.54, 1.807) is 0 Å². The lowest BCUT2D eigenvalue weighted by atomic mass is 10.1. The van der Waals surface area contributed by atoms with E-state index in [0.29, 0.717) is 0 Å². The van der Waals surface area contributed by atoms with E-state index in [1.807, 2.05) is 23.2 Å². The quantitative estimate of drug-likeness (QED) is 0.895. The number of hydrogen-bond donors (Lipinski definition) is 2. The van der Waals surface area contributed by atoms with Gasteiger partial charge < -0.3 is 9.88 Å². The summed E-state index contributed by atoms with van der Waals surface area (Å²) in [6.45, 7) is 2.84. The van der Waals surface area contributed by atoms with Crippen molar-refractivity contribution in [2.75, 3.05) is 6.54 Å². The third-order valence-corrected chi connectivity index (χ3v) is 3.70. The highest BCUT2D eigenvalue weighted by atomic mass is 16.2. The molecular weight excluding hydrogens is 254 g/mol. The minimum Gasteiger partial charge on any atom is -0.363 e. The maximum Gasteiger partial charge on any atom is 0.294 e. The van der Waals surface area contributed by atoms with Gasteiger partial charge in [0, 0.05) is 24.9 Å². The Bertz CT molecular complexity index is 574. The number of nitrogens with zero attached hydrogens (tertiary/aromatic N) is 3. The number of likely N-dealkylation sites (tertiary alicyclic amines) is 1. The molecule has 6 nitrogen and oxygen atoms in total. The molecule has 1 fully saturated rings. The van der Waals surface area contributed by atoms with E-state index in [4.69, 9.17) is 0 Å². The zero-order valence-corrected chi connectivity index (χ0v) is 11.6. The molecule has 1 atom stereocenters. The first-order chi connectivity index (χ1) is 9.79. The van der Waals surface area contributed by atoms with Gasteiger partial charge in [-0.1, -0.05) is 6.92 Å². The van der Waals surface area contributed by atoms with Gasteiger partial charge in [0.2, 0.25) is 5.82 Å². The number of rotatable bonds is 4. The normalized spacial score (nSPS) is 18.6. The molecule has 3 heterocycles. The highest BCUT2D eigenvalue weighted by Crippen LogP contribution is 2.31. The molecule has 1 saturated heterocycles. The molecule has 20 heavy (non-hydrogen) atoms. The molecule has 0 aliphatic carbocycles. The summed E-state index contributed by atoms with van der Waals surface area (Å²) in [5, 5.41) is 6.90. The Morgan fingerprint density at radius 1 is 1.55 bits per heavy atom. The predicted molar refractivity (Wildman–Crippen MR) is 74.2 cm³/mol. The van der Waals surface area contributed by atoms with E-state index in [0.717, 1.165) is 43.7 Å². The fourth-order valence-corrected chi connectivity index (χ4v) is 2.75. The van der Waals surface area contributed by atoms with Crippen molar-refractivity contribution in [1.82, 2.24) is 25.1 Å². The third-order valence-electron chi connectivity index (χ3n) is 3.70. The number of amides is 1. The summed E-state index contributed by atoms with van der Waals surface area (Å²) < 4.78 is 0. The van der Waals surface area contributed by atoms with Crippen LogP contribution in [0.3, 0.4) is 0 Å². The van der Waals surface area contributed by atoms with E-state index in [-0.39, 0.29) is 17.8 Å². The van der Waals surface area contributed by atoms with E-state index in [9.17, 15) is 4.79 Å². The second-order valence-electron chi connectivity index (χ2n) is 5.14. The van der Waals surface area contributed by atoms with E-state index >= 15 is 0 Å². The SMILES string of the molecule is CCCc1nc(C(=O)N2CCCC2c2ccc[nH]2)n[nH]1. The molecule has 1 aliphatic heterocycles. The summed E-state index contributed by atoms with van der Waals surface area (Å²) in [4.78, 5) is 21.9. The van der Waals surface area contributed by atoms with Crippen molar-refractivity contribution in [3.05, 3.63) is 35.7 Å². The van der Waals surface area contributed by atoms with Gasteiger partial charge in [-0.05, 0) is 31.4 Å². The van der Waals surface area contributed by atoms with Gasteiger partial charge in [-0.2, -0.15) is 0 Å². The van der Waals surface area contributed by atoms with Crippen molar-refractivity contribution >= 4 is 5.91 Å². The molecule has 6 heteroatoms. The number of carbonyl (C=O) groups is 1. The molecule has 1 unspecified atom stereocenters. The van der Waals surface area contributed by atoms with Crippen LogP contribution in [-0.4, -0.2) is 37.5 Å². The number of aromatic nitrogens is 4. The fraction of sp³-hybridized carbons (Fsp3) is 0.500. The Morgan fingerprint density at radius 2 is 2.45 bits per heavy atom. The third kappa shape index (κ3) is 2.33. The van der Waals surface area contributed by atoms with Crippen LogP contribution in [0.15, 0.2) is 18.3 Å². The molecular formula is C14H19N5O. The standard InChI is InChI=1S/C14H19N5O/c1-2-5-12-16-13(18-17-12)14(20)19-9-4-7-11(19)10-6-3-8-15-10/h3,6,8,11,15H,2,4-5,7,9H2,1H3,(H,16,17,18). The minimum atomic E-state index is -0.0827. The largest absolute Gasteiger partial charge is 0.363 e. The van der Waals surface area contributed by atoms with Crippen molar-refractivity contribution < 1.29 is 4.79 Å². The molecule has 106 valence electrons. The van der Waals surface area contributed by atoms with Crippen LogP contribution in [0.1, 0.15) is 54.4 Å². The molecule has 3 rings (SSSR count). The van der Waals surface area contributed by atoms with Crippen molar-refractivity contribution in [2.45, 2.75) is 38.6 Å². The molecule has 1 aliphatic rings. The van der Waals surface area contributed by atoms with Gasteiger partial charge >= 0.3 is 0 Å². The predicted octanol–water partition coefficient (Wildman–Crippen LogP) is 2.06. The van der Waals surface area contributed by atoms with Crippen molar-refractivity contribution in [3.8, 4) is 0 Å². The number of H-pyrrole nitrogens is 2. The smallest absolute Gasteiger partial charge is 0.294 e. The van der Waals surface area contributed by atoms with Gasteiger partial charge in [0.1, 0.15) is 5.82 Å². The Morgan fingerprint density at radius 3 is 3.20 bits per heavy atom. The molecule has 2 aromatic rings. The van der Waals surface area contributed by atoms with Crippen LogP contribution in [0, 0.1) is 0 Å². The van der Waals surface area contributed by atoms with E-state index < -0.39 is 0 Å². The van der Waals surface area contributed by atoms with Crippen LogP contribution >= 0.6 is 0 Å². The summed E-state index contributed by atoms with van der Waals surface area (Å²) in [6.07, 6.45) is 5.70. The number of carbonyl (C=O) groups excluding carboxylic acids is 1. The van der Waals surface area contributed by atoms with Crippen molar-refractivity contribution in [1.29, 1.82) is 0 Å². The summed E-state index contributed by atoms with van der Waals surface area (Å²) in [6, 6.07) is 4.10. The Labute approximate surface area is 117 Å². The molecule has 0 aromatic carbocycles. The van der Waals surface area contributed by atoms with Crippen LogP contribution in [0.5, 0.6) is 0 Å². The monoisotopic (exact) mass is 273 g/mol. The lowest BCUT2D eigenvalue weighted by Crippen LogP contribution is -2.31. The molecule has 0 bridgehead atoms. The summed E-state index contributed by atoms with van der Waals surface area (Å²) in [5.74, 6) is 0.985. The average molecular weight is 273 g/mol. The lowest BCUT2D eigenvalue weighted by molar-refractivity contribution is 0.0721. The summed E-state index contributed by atoms with van der Waals surface area (Å²) in [7, 11) is 0. The summed E-state index contributed by atoms with van der Waals surface area (Å²) in [5.41, 5.74) is 1.08. The Kier molecular flexibility index (Phi) is 3.54. The molecule has 1 amide bonds. The van der Waals surface area contributed by atoms with Gasteiger partial charge in [0.05, 0.1) is 6.04 Å². The van der Waals surface area contributed by atoms with Crippen molar-refractivity contribution in [3.63, 3.8) is 0 Å². The van der Waals surface area contributed by atoms with E-state index in [1.165, 1.54) is 0 Å². The topological polar surface area (TPSA) is 77.7 Å². The first-order valence-corrected chi connectivity index (χ1v) is 7.15. The lowest BCUT2D eigenvalue weighted by Gasteiger charge is -2.22. The number of hydrogen-bond acceptors (Lipinski definition) is 3. The molecule has 2 aromatic heterocycles. The maximum atomic E-state index is 12.5. The van der Waals surface area contributed by atoms with Crippen LogP contribution in [0.4, 0.5) is 0 Å². The Hall–Kier alpha value is -2.11. The first-order valence-electron chi connectivity index (χ1n) is 7.15. The minimum absolute atomic E-state index is 0.0827. The first kappa shape index (κ1) is 12.9. The van der Waals surface area contributed by atoms with Crippen LogP contribution in [-0.2, 0) is 6.42 Å². The summed E-state index contributed by atoms with van der Waals surface area (Å²) >= 11 is 0. The van der Waals surface area contributed by atoms with Gasteiger partial charge in [-0.25, -0.2) is 4.98 Å². The van der Waals surface area contributed by atoms with Crippen LogP contribution in [0.25, 0.3) is 0 Å².